The van der Waals surface area contributed by atoms with E-state index in [-0.39, 0.29) is 37.6 Å². The molecule has 1 amide bonds. The van der Waals surface area contributed by atoms with E-state index in [4.69, 9.17) is 0 Å². The topological polar surface area (TPSA) is 86.8 Å². The minimum atomic E-state index is -4.63. The third-order valence-corrected chi connectivity index (χ3v) is 5.15. The molecule has 0 saturated carbocycles. The number of halogens is 3. The number of aliphatic hydroxyl groups is 2. The Labute approximate surface area is 151 Å². The van der Waals surface area contributed by atoms with E-state index in [9.17, 15) is 28.2 Å². The summed E-state index contributed by atoms with van der Waals surface area (Å²) in [6.45, 7) is 1.57. The van der Waals surface area contributed by atoms with E-state index in [2.05, 4.69) is 9.68 Å². The first-order valence-electron chi connectivity index (χ1n) is 7.47. The zero-order chi connectivity index (χ0) is 18.4. The van der Waals surface area contributed by atoms with E-state index < -0.39 is 24.1 Å². The largest absolute Gasteiger partial charge is 0.452 e. The van der Waals surface area contributed by atoms with Crippen LogP contribution in [0.25, 0.3) is 10.6 Å². The van der Waals surface area contributed by atoms with Gasteiger partial charge in [-0.05, 0) is 25.5 Å². The molecule has 10 heteroatoms. The van der Waals surface area contributed by atoms with Gasteiger partial charge < -0.3 is 19.6 Å². The molecule has 0 radical (unpaired) electrons. The summed E-state index contributed by atoms with van der Waals surface area (Å²) in [5.74, 6) is -1.50. The number of aliphatic hydroxyl groups excluding tert-OH is 2. The molecule has 0 aromatic carbocycles. The quantitative estimate of drug-likeness (QED) is 0.821. The Kier molecular flexibility index (Phi) is 5.79. The number of nitrogens with zero attached hydrogens (tertiary/aromatic N) is 2. The molecular weight excluding hydrogens is 373 g/mol. The predicted molar refractivity (Wildman–Crippen MR) is 88.8 cm³/mol. The minimum absolute atomic E-state index is 0. The molecule has 2 aromatic heterocycles. The van der Waals surface area contributed by atoms with Gasteiger partial charge in [-0.1, -0.05) is 12.6 Å². The standard InChI is InChI=1S/C15H15F3N2O4S.CH4/c1-7-12(19-24-13(7)15(16,17)18)10-2-3-11(25-10)14(23)20-5-4-8(21)9(22)6-20;/h2-3,8-9,21-22H,4-6H2,1H3;1H4/t8-,9-;/m0./s1. The Morgan fingerprint density at radius 1 is 1.35 bits per heavy atom. The molecule has 2 atom stereocenters. The molecule has 1 fully saturated rings. The highest BCUT2D eigenvalue weighted by Gasteiger charge is 2.39. The van der Waals surface area contributed by atoms with Gasteiger partial charge in [-0.2, -0.15) is 13.2 Å². The molecule has 6 nitrogen and oxygen atoms in total. The number of aromatic nitrogens is 1. The molecule has 0 bridgehead atoms. The summed E-state index contributed by atoms with van der Waals surface area (Å²) in [4.78, 5) is 14.6. The van der Waals surface area contributed by atoms with Crippen molar-refractivity contribution in [2.45, 2.75) is 39.2 Å². The molecule has 1 saturated heterocycles. The van der Waals surface area contributed by atoms with Crippen molar-refractivity contribution in [3.63, 3.8) is 0 Å². The van der Waals surface area contributed by atoms with Crippen LogP contribution in [0.4, 0.5) is 13.2 Å². The summed E-state index contributed by atoms with van der Waals surface area (Å²) in [7, 11) is 0. The highest BCUT2D eigenvalue weighted by atomic mass is 32.1. The summed E-state index contributed by atoms with van der Waals surface area (Å²) in [5, 5.41) is 22.7. The third-order valence-electron chi connectivity index (χ3n) is 4.07. The van der Waals surface area contributed by atoms with Crippen LogP contribution < -0.4 is 0 Å². The van der Waals surface area contributed by atoms with E-state index in [1.165, 1.54) is 24.0 Å². The normalized spacial score (nSPS) is 20.8. The van der Waals surface area contributed by atoms with Gasteiger partial charge in [0.25, 0.3) is 5.91 Å². The number of β-amino-alcohol motifs (C(OH)–C–C–N with tert-alkyl or cyclic N) is 1. The number of hydrogen-bond donors (Lipinski definition) is 2. The van der Waals surface area contributed by atoms with Crippen LogP contribution in [0.5, 0.6) is 0 Å². The first-order valence-corrected chi connectivity index (χ1v) is 8.29. The second-order valence-electron chi connectivity index (χ2n) is 5.82. The SMILES string of the molecule is C.Cc1c(-c2ccc(C(=O)N3CC[C@H](O)[C@@H](O)C3)s2)noc1C(F)(F)F. The summed E-state index contributed by atoms with van der Waals surface area (Å²) < 4.78 is 42.8. The molecule has 1 aliphatic heterocycles. The molecule has 0 spiro atoms. The van der Waals surface area contributed by atoms with Crippen LogP contribution in [0.1, 0.15) is 34.8 Å². The van der Waals surface area contributed by atoms with Crippen LogP contribution >= 0.6 is 11.3 Å². The highest BCUT2D eigenvalue weighted by molar-refractivity contribution is 7.17. The van der Waals surface area contributed by atoms with E-state index in [1.807, 2.05) is 0 Å². The maximum Gasteiger partial charge on any atom is 0.452 e. The number of carbonyl (C=O) groups is 1. The van der Waals surface area contributed by atoms with Crippen LogP contribution in [-0.2, 0) is 6.18 Å². The van der Waals surface area contributed by atoms with Crippen LogP contribution in [0.2, 0.25) is 0 Å². The van der Waals surface area contributed by atoms with E-state index in [0.717, 1.165) is 11.3 Å². The molecule has 0 unspecified atom stereocenters. The number of rotatable bonds is 2. The fraction of sp³-hybridized carbons (Fsp3) is 0.500. The first kappa shape index (κ1) is 20.4. The van der Waals surface area contributed by atoms with E-state index in [1.54, 1.807) is 0 Å². The van der Waals surface area contributed by atoms with Crippen LogP contribution in [-0.4, -0.2) is 51.5 Å². The number of thiophene rings is 1. The van der Waals surface area contributed by atoms with E-state index in [0.29, 0.717) is 16.3 Å². The molecule has 3 heterocycles. The maximum atomic E-state index is 12.8. The predicted octanol–water partition coefficient (Wildman–Crippen LogP) is 2.93. The van der Waals surface area contributed by atoms with Crippen molar-refractivity contribution in [3.8, 4) is 10.6 Å². The lowest BCUT2D eigenvalue weighted by atomic mass is 10.1. The van der Waals surface area contributed by atoms with Gasteiger partial charge in [0.15, 0.2) is 0 Å². The monoisotopic (exact) mass is 392 g/mol. The average molecular weight is 392 g/mol. The minimum Gasteiger partial charge on any atom is -0.390 e. The molecule has 2 N–H and O–H groups in total. The summed E-state index contributed by atoms with van der Waals surface area (Å²) in [5.41, 5.74) is -0.0876. The lowest BCUT2D eigenvalue weighted by Gasteiger charge is -2.33. The van der Waals surface area contributed by atoms with Crippen molar-refractivity contribution in [2.24, 2.45) is 0 Å². The Hall–Kier alpha value is -1.91. The van der Waals surface area contributed by atoms with Gasteiger partial charge >= 0.3 is 6.18 Å². The molecule has 3 rings (SSSR count). The molecular formula is C16H19F3N2O4S. The van der Waals surface area contributed by atoms with Crippen molar-refractivity contribution in [1.29, 1.82) is 0 Å². The van der Waals surface area contributed by atoms with E-state index >= 15 is 0 Å². The van der Waals surface area contributed by atoms with Crippen molar-refractivity contribution < 1.29 is 32.7 Å². The second kappa shape index (κ2) is 7.37. The van der Waals surface area contributed by atoms with Crippen molar-refractivity contribution in [3.05, 3.63) is 28.3 Å². The summed E-state index contributed by atoms with van der Waals surface area (Å²) >= 11 is 1.00. The second-order valence-corrected chi connectivity index (χ2v) is 6.91. The molecule has 2 aromatic rings. The van der Waals surface area contributed by atoms with Gasteiger partial charge in [0.2, 0.25) is 5.76 Å². The first-order chi connectivity index (χ1) is 11.7. The van der Waals surface area contributed by atoms with Gasteiger partial charge in [-0.25, -0.2) is 0 Å². The fourth-order valence-corrected chi connectivity index (χ4v) is 3.68. The average Bonchev–Trinajstić information content (AvgIpc) is 3.15. The summed E-state index contributed by atoms with van der Waals surface area (Å²) in [6, 6.07) is 3.01. The zero-order valence-electron chi connectivity index (χ0n) is 13.1. The van der Waals surface area contributed by atoms with Gasteiger partial charge in [0.1, 0.15) is 5.69 Å². The molecule has 1 aliphatic rings. The van der Waals surface area contributed by atoms with Crippen molar-refractivity contribution in [1.82, 2.24) is 10.1 Å². The Morgan fingerprint density at radius 2 is 2.04 bits per heavy atom. The smallest absolute Gasteiger partial charge is 0.390 e. The van der Waals surface area contributed by atoms with Gasteiger partial charge in [0.05, 0.1) is 22.0 Å². The number of amides is 1. The lowest BCUT2D eigenvalue weighted by Crippen LogP contribution is -2.48. The Bertz CT molecular complexity index is 787. The lowest BCUT2D eigenvalue weighted by molar-refractivity contribution is -0.156. The highest BCUT2D eigenvalue weighted by Crippen LogP contribution is 2.38. The number of hydrogen-bond acceptors (Lipinski definition) is 6. The van der Waals surface area contributed by atoms with Gasteiger partial charge in [0, 0.05) is 18.7 Å². The number of carbonyl (C=O) groups excluding carboxylic acids is 1. The number of likely N-dealkylation sites (tertiary alicyclic amines) is 1. The number of piperidine rings is 1. The van der Waals surface area contributed by atoms with Crippen molar-refractivity contribution >= 4 is 17.2 Å². The molecule has 26 heavy (non-hydrogen) atoms. The van der Waals surface area contributed by atoms with Crippen molar-refractivity contribution in [2.75, 3.05) is 13.1 Å². The van der Waals surface area contributed by atoms with Gasteiger partial charge in [-0.15, -0.1) is 11.3 Å². The molecule has 0 aliphatic carbocycles. The van der Waals surface area contributed by atoms with Crippen LogP contribution in [0.15, 0.2) is 16.7 Å². The Balaban J connectivity index is 0.00000243. The fourth-order valence-electron chi connectivity index (χ4n) is 2.67. The Morgan fingerprint density at radius 3 is 2.62 bits per heavy atom. The number of alkyl halides is 3. The van der Waals surface area contributed by atoms with Crippen LogP contribution in [0.3, 0.4) is 0 Å². The third kappa shape index (κ3) is 3.76. The zero-order valence-corrected chi connectivity index (χ0v) is 13.9. The van der Waals surface area contributed by atoms with Gasteiger partial charge in [-0.3, -0.25) is 4.79 Å². The maximum absolute atomic E-state index is 12.8. The molecule has 144 valence electrons. The van der Waals surface area contributed by atoms with Crippen LogP contribution in [0, 0.1) is 6.92 Å². The summed E-state index contributed by atoms with van der Waals surface area (Å²) in [6.07, 6.45) is -6.23.